The maximum atomic E-state index is 13.3. The van der Waals surface area contributed by atoms with Gasteiger partial charge in [0.15, 0.2) is 5.78 Å². The van der Waals surface area contributed by atoms with Crippen LogP contribution in [-0.4, -0.2) is 23.4 Å². The quantitative estimate of drug-likeness (QED) is 0.235. The molecule has 0 saturated carbocycles. The van der Waals surface area contributed by atoms with Gasteiger partial charge in [0.05, 0.1) is 5.57 Å². The minimum atomic E-state index is -4.78. The molecule has 8 heteroatoms. The van der Waals surface area contributed by atoms with Crippen molar-refractivity contribution >= 4 is 12.5 Å². The van der Waals surface area contributed by atoms with Crippen LogP contribution >= 0.6 is 0 Å². The Morgan fingerprint density at radius 1 is 1.31 bits per heavy atom. The van der Waals surface area contributed by atoms with Crippen LogP contribution in [0.15, 0.2) is 71.9 Å². The Morgan fingerprint density at radius 3 is 2.65 bits per heavy atom. The summed E-state index contributed by atoms with van der Waals surface area (Å²) in [4.78, 5) is 15.6. The van der Waals surface area contributed by atoms with Crippen LogP contribution in [0.5, 0.6) is 5.75 Å². The molecule has 0 amide bonds. The largest absolute Gasteiger partial charge is 0.573 e. The second kappa shape index (κ2) is 7.81. The Labute approximate surface area is 146 Å². The number of halogens is 4. The van der Waals surface area contributed by atoms with Gasteiger partial charge in [0.1, 0.15) is 11.6 Å². The molecule has 1 heterocycles. The van der Waals surface area contributed by atoms with Crippen LogP contribution < -0.4 is 4.74 Å². The van der Waals surface area contributed by atoms with Crippen LogP contribution in [0.25, 0.3) is 0 Å². The first-order valence-corrected chi connectivity index (χ1v) is 7.25. The summed E-state index contributed by atoms with van der Waals surface area (Å²) >= 11 is 0. The molecule has 0 unspecified atom stereocenters. The van der Waals surface area contributed by atoms with E-state index in [0.717, 1.165) is 6.20 Å². The molecule has 0 aliphatic rings. The number of nitrogens with zero attached hydrogens (tertiary/aromatic N) is 2. The second-order valence-corrected chi connectivity index (χ2v) is 5.23. The first-order chi connectivity index (χ1) is 12.2. The van der Waals surface area contributed by atoms with Crippen LogP contribution in [0.1, 0.15) is 15.9 Å². The lowest BCUT2D eigenvalue weighted by Gasteiger charge is -2.10. The number of hydrogen-bond acceptors (Lipinski definition) is 3. The van der Waals surface area contributed by atoms with Gasteiger partial charge < -0.3 is 9.30 Å². The van der Waals surface area contributed by atoms with Gasteiger partial charge in [0.25, 0.3) is 0 Å². The third-order valence-corrected chi connectivity index (χ3v) is 3.27. The van der Waals surface area contributed by atoms with Crippen molar-refractivity contribution in [3.05, 3.63) is 78.0 Å². The Kier molecular flexibility index (Phi) is 5.76. The molecule has 0 N–H and O–H groups in total. The number of hydrogen-bond donors (Lipinski definition) is 0. The van der Waals surface area contributed by atoms with Gasteiger partial charge in [-0.05, 0) is 30.5 Å². The van der Waals surface area contributed by atoms with Crippen molar-refractivity contribution in [2.75, 3.05) is 0 Å². The topological polar surface area (TPSA) is 43.6 Å². The van der Waals surface area contributed by atoms with E-state index < -0.39 is 18.0 Å². The van der Waals surface area contributed by atoms with Gasteiger partial charge in [-0.3, -0.25) is 9.79 Å². The van der Waals surface area contributed by atoms with Crippen LogP contribution in [-0.2, 0) is 6.54 Å². The van der Waals surface area contributed by atoms with Crippen molar-refractivity contribution in [3.63, 3.8) is 0 Å². The molecule has 26 heavy (non-hydrogen) atoms. The lowest BCUT2D eigenvalue weighted by atomic mass is 10.1. The Balaban J connectivity index is 2.17. The summed E-state index contributed by atoms with van der Waals surface area (Å²) in [7, 11) is 0. The maximum Gasteiger partial charge on any atom is 0.573 e. The zero-order valence-electron chi connectivity index (χ0n) is 13.5. The monoisotopic (exact) mass is 366 g/mol. The van der Waals surface area contributed by atoms with Gasteiger partial charge in [0.2, 0.25) is 0 Å². The molecule has 0 spiro atoms. The van der Waals surface area contributed by atoms with E-state index in [9.17, 15) is 22.4 Å². The summed E-state index contributed by atoms with van der Waals surface area (Å²) in [6, 6.07) is 6.92. The van der Waals surface area contributed by atoms with E-state index in [1.165, 1.54) is 30.5 Å². The zero-order valence-corrected chi connectivity index (χ0v) is 13.5. The van der Waals surface area contributed by atoms with Gasteiger partial charge >= 0.3 is 6.36 Å². The average molecular weight is 366 g/mol. The van der Waals surface area contributed by atoms with E-state index in [4.69, 9.17) is 0 Å². The SMILES string of the molecule is C=N/C=C(\C(=C)F)C(=O)c1ccn(Cc2cccc(OC(F)(F)F)c2)c1. The number of allylic oxidation sites excluding steroid dienone is 2. The van der Waals surface area contributed by atoms with E-state index >= 15 is 0 Å². The van der Waals surface area contributed by atoms with Gasteiger partial charge in [-0.2, -0.15) is 0 Å². The molecule has 0 atom stereocenters. The van der Waals surface area contributed by atoms with Gasteiger partial charge in [0, 0.05) is 30.7 Å². The Bertz CT molecular complexity index is 866. The predicted molar refractivity (Wildman–Crippen MR) is 88.9 cm³/mol. The van der Waals surface area contributed by atoms with Crippen molar-refractivity contribution < 1.29 is 27.1 Å². The van der Waals surface area contributed by atoms with E-state index in [-0.39, 0.29) is 23.4 Å². The highest BCUT2D eigenvalue weighted by atomic mass is 19.4. The molecular formula is C18H14F4N2O2. The lowest BCUT2D eigenvalue weighted by Crippen LogP contribution is -2.17. The summed E-state index contributed by atoms with van der Waals surface area (Å²) in [6.45, 7) is 6.44. The molecule has 0 saturated heterocycles. The summed E-state index contributed by atoms with van der Waals surface area (Å²) in [6.07, 6.45) is -0.813. The second-order valence-electron chi connectivity index (χ2n) is 5.23. The van der Waals surface area contributed by atoms with E-state index in [1.807, 2.05) is 0 Å². The van der Waals surface area contributed by atoms with E-state index in [2.05, 4.69) is 23.0 Å². The first kappa shape index (κ1) is 19.2. The number of aromatic nitrogens is 1. The predicted octanol–water partition coefficient (Wildman–Crippen LogP) is 4.69. The number of ketones is 1. The number of Topliss-reactive ketones (excluding diaryl/α,β-unsaturated/α-hetero) is 1. The van der Waals surface area contributed by atoms with Gasteiger partial charge in [-0.25, -0.2) is 4.39 Å². The van der Waals surface area contributed by atoms with E-state index in [0.29, 0.717) is 5.56 Å². The molecule has 0 fully saturated rings. The molecule has 2 aromatic rings. The van der Waals surface area contributed by atoms with Gasteiger partial charge in [-0.1, -0.05) is 18.7 Å². The fourth-order valence-corrected chi connectivity index (χ4v) is 2.22. The number of aliphatic imine (C=N–C) groups is 1. The minimum absolute atomic E-state index is 0.182. The summed E-state index contributed by atoms with van der Waals surface area (Å²) in [5, 5.41) is 0. The number of benzene rings is 1. The highest BCUT2D eigenvalue weighted by Gasteiger charge is 2.31. The average Bonchev–Trinajstić information content (AvgIpc) is 2.99. The van der Waals surface area contributed by atoms with Crippen molar-refractivity contribution in [1.29, 1.82) is 0 Å². The Hall–Kier alpha value is -3.16. The molecule has 2 rings (SSSR count). The third-order valence-electron chi connectivity index (χ3n) is 3.27. The van der Waals surface area contributed by atoms with Crippen molar-refractivity contribution in [1.82, 2.24) is 4.57 Å². The maximum absolute atomic E-state index is 13.3. The zero-order chi connectivity index (χ0) is 19.3. The standard InChI is InChI=1S/C18H14F4N2O2/c1-12(19)16(9-23-2)17(25)14-6-7-24(11-14)10-13-4-3-5-15(8-13)26-18(20,21)22/h3-9,11H,1-2,10H2/b16-9+. The Morgan fingerprint density at radius 2 is 2.04 bits per heavy atom. The van der Waals surface area contributed by atoms with Gasteiger partial charge in [-0.15, -0.1) is 13.2 Å². The molecule has 1 aromatic heterocycles. The van der Waals surface area contributed by atoms with Crippen LogP contribution in [0, 0.1) is 0 Å². The third kappa shape index (κ3) is 5.17. The van der Waals surface area contributed by atoms with Crippen LogP contribution in [0.3, 0.4) is 0 Å². The first-order valence-electron chi connectivity index (χ1n) is 7.25. The fourth-order valence-electron chi connectivity index (χ4n) is 2.22. The van der Waals surface area contributed by atoms with Crippen molar-refractivity contribution in [3.8, 4) is 5.75 Å². The number of rotatable bonds is 7. The molecular weight excluding hydrogens is 352 g/mol. The lowest BCUT2D eigenvalue weighted by molar-refractivity contribution is -0.274. The van der Waals surface area contributed by atoms with Crippen molar-refractivity contribution in [2.24, 2.45) is 4.99 Å². The summed E-state index contributed by atoms with van der Waals surface area (Å²) in [5.74, 6) is -1.90. The number of carbonyl (C=O) groups excluding carboxylic acids is 1. The molecule has 0 radical (unpaired) electrons. The number of ether oxygens (including phenoxy) is 1. The highest BCUT2D eigenvalue weighted by Crippen LogP contribution is 2.24. The molecule has 1 aromatic carbocycles. The van der Waals surface area contributed by atoms with Crippen LogP contribution in [0.4, 0.5) is 17.6 Å². The normalized spacial score (nSPS) is 11.9. The molecule has 136 valence electrons. The van der Waals surface area contributed by atoms with E-state index in [1.54, 1.807) is 16.8 Å². The smallest absolute Gasteiger partial charge is 0.406 e. The van der Waals surface area contributed by atoms with Crippen LogP contribution in [0.2, 0.25) is 0 Å². The van der Waals surface area contributed by atoms with Crippen molar-refractivity contribution in [2.45, 2.75) is 12.9 Å². The molecule has 4 nitrogen and oxygen atoms in total. The summed E-state index contributed by atoms with van der Waals surface area (Å²) in [5.41, 5.74) is 0.388. The number of carbonyl (C=O) groups is 1. The summed E-state index contributed by atoms with van der Waals surface area (Å²) < 4.78 is 55.6. The minimum Gasteiger partial charge on any atom is -0.406 e. The highest BCUT2D eigenvalue weighted by molar-refractivity contribution is 6.11. The molecule has 0 aliphatic heterocycles. The molecule has 0 bridgehead atoms. The fraction of sp³-hybridized carbons (Fsp3) is 0.111. The number of alkyl halides is 3. The molecule has 0 aliphatic carbocycles.